The predicted octanol–water partition coefficient (Wildman–Crippen LogP) is 2.38. The van der Waals surface area contributed by atoms with Crippen molar-refractivity contribution in [3.63, 3.8) is 0 Å². The third-order valence-corrected chi connectivity index (χ3v) is 6.69. The van der Waals surface area contributed by atoms with E-state index >= 15 is 0 Å². The van der Waals surface area contributed by atoms with Gasteiger partial charge in [-0.15, -0.1) is 11.3 Å². The highest BCUT2D eigenvalue weighted by molar-refractivity contribution is 7.07. The Labute approximate surface area is 199 Å². The van der Waals surface area contributed by atoms with Crippen molar-refractivity contribution >= 4 is 35.4 Å². The lowest BCUT2D eigenvalue weighted by molar-refractivity contribution is -0.135. The molecular weight excluding hydrogens is 466 g/mol. The van der Waals surface area contributed by atoms with Crippen molar-refractivity contribution in [1.82, 2.24) is 9.88 Å². The number of nitrogens with zero attached hydrogens (tertiary/aromatic N) is 1. The molecule has 0 radical (unpaired) electrons. The van der Waals surface area contributed by atoms with E-state index in [1.54, 1.807) is 13.0 Å². The lowest BCUT2D eigenvalue weighted by Crippen LogP contribution is -2.45. The van der Waals surface area contributed by atoms with Crippen molar-refractivity contribution in [3.8, 4) is 5.75 Å². The molecule has 184 valence electrons. The molecule has 0 unspecified atom stereocenters. The number of benzene rings is 1. The Morgan fingerprint density at radius 3 is 2.59 bits per heavy atom. The Morgan fingerprint density at radius 2 is 1.94 bits per heavy atom. The number of esters is 1. The van der Waals surface area contributed by atoms with Crippen LogP contribution in [-0.2, 0) is 20.9 Å². The molecule has 1 amide bonds. The first-order valence-corrected chi connectivity index (χ1v) is 12.0. The van der Waals surface area contributed by atoms with Crippen molar-refractivity contribution in [2.75, 3.05) is 6.61 Å². The van der Waals surface area contributed by atoms with E-state index in [0.717, 1.165) is 37.0 Å². The number of carbonyl (C=O) groups is 2. The average Bonchev–Trinajstić information content (AvgIpc) is 3.05. The van der Waals surface area contributed by atoms with E-state index in [2.05, 4.69) is 17.0 Å². The molecule has 10 heteroatoms. The summed E-state index contributed by atoms with van der Waals surface area (Å²) in [6.07, 6.45) is 6.91. The van der Waals surface area contributed by atoms with Crippen LogP contribution in [0.1, 0.15) is 45.1 Å². The second kappa shape index (κ2) is 11.9. The molecule has 0 saturated heterocycles. The first kappa shape index (κ1) is 25.6. The van der Waals surface area contributed by atoms with Gasteiger partial charge in [-0.2, -0.15) is 8.78 Å². The van der Waals surface area contributed by atoms with Gasteiger partial charge in [-0.25, -0.2) is 4.79 Å². The fourth-order valence-electron chi connectivity index (χ4n) is 3.90. The Bertz CT molecular complexity index is 1170. The van der Waals surface area contributed by atoms with Gasteiger partial charge in [0.2, 0.25) is 5.91 Å². The normalized spacial score (nSPS) is 19.3. The summed E-state index contributed by atoms with van der Waals surface area (Å²) in [5.74, 6) is -0.542. The Hall–Kier alpha value is -3.01. The molecule has 0 bridgehead atoms. The second-order valence-corrected chi connectivity index (χ2v) is 9.18. The quantitative estimate of drug-likeness (QED) is 0.570. The predicted molar refractivity (Wildman–Crippen MR) is 125 cm³/mol. The summed E-state index contributed by atoms with van der Waals surface area (Å²) in [5.41, 5.74) is 0.149. The van der Waals surface area contributed by atoms with Gasteiger partial charge in [-0.05, 0) is 49.5 Å². The molecule has 0 aliphatic heterocycles. The summed E-state index contributed by atoms with van der Waals surface area (Å²) >= 11 is 1.05. The molecule has 1 aromatic heterocycles. The highest BCUT2D eigenvalue weighted by Crippen LogP contribution is 2.23. The van der Waals surface area contributed by atoms with Crippen LogP contribution in [0.5, 0.6) is 5.75 Å². The Balaban J connectivity index is 1.91. The standard InChI is InChI=1S/C24H28F2N2O5S/c1-3-32-22(30)13-21-28(14-20(29)27-18-7-5-4-6-15(18)2)23(31)19(34-21)12-16-8-10-17(11-9-16)33-24(25)26/h8-13,15,18,24H,3-7,14H2,1-2H3,(H,27,29)/b19-12-,21-13-/t15-,18-/m0/s1. The van der Waals surface area contributed by atoms with E-state index in [9.17, 15) is 23.2 Å². The summed E-state index contributed by atoms with van der Waals surface area (Å²) in [6, 6.07) is 5.87. The molecule has 1 saturated carbocycles. The molecule has 1 fully saturated rings. The maximum Gasteiger partial charge on any atom is 0.387 e. The maximum absolute atomic E-state index is 13.1. The third-order valence-electron chi connectivity index (χ3n) is 5.63. The van der Waals surface area contributed by atoms with E-state index in [0.29, 0.717) is 16.1 Å². The number of alkyl halides is 2. The molecule has 0 spiro atoms. The van der Waals surface area contributed by atoms with Gasteiger partial charge < -0.3 is 14.8 Å². The van der Waals surface area contributed by atoms with Crippen LogP contribution in [0.2, 0.25) is 0 Å². The summed E-state index contributed by atoms with van der Waals surface area (Å²) in [5, 5.41) is 3.02. The molecule has 1 aliphatic rings. The summed E-state index contributed by atoms with van der Waals surface area (Å²) < 4.78 is 35.8. The molecule has 1 N–H and O–H groups in total. The fourth-order valence-corrected chi connectivity index (χ4v) is 4.93. The van der Waals surface area contributed by atoms with Crippen molar-refractivity contribution in [3.05, 3.63) is 49.4 Å². The number of aromatic nitrogens is 1. The highest BCUT2D eigenvalue weighted by atomic mass is 32.1. The zero-order valence-electron chi connectivity index (χ0n) is 19.1. The number of rotatable bonds is 8. The molecule has 34 heavy (non-hydrogen) atoms. The maximum atomic E-state index is 13.1. The van der Waals surface area contributed by atoms with Gasteiger partial charge in [-0.1, -0.05) is 31.9 Å². The van der Waals surface area contributed by atoms with E-state index in [1.165, 1.54) is 34.9 Å². The van der Waals surface area contributed by atoms with E-state index < -0.39 is 18.1 Å². The lowest BCUT2D eigenvalue weighted by Gasteiger charge is -2.29. The molecule has 7 nitrogen and oxygen atoms in total. The number of halogens is 2. The number of thiazole rings is 1. The Kier molecular flexibility index (Phi) is 8.98. The van der Waals surface area contributed by atoms with E-state index in [1.807, 2.05) is 0 Å². The number of nitrogens with one attached hydrogen (secondary N) is 1. The first-order chi connectivity index (χ1) is 16.3. The zero-order chi connectivity index (χ0) is 24.7. The minimum atomic E-state index is -2.93. The molecular formula is C24H28F2N2O5S. The molecule has 1 aliphatic carbocycles. The number of amides is 1. The van der Waals surface area contributed by atoms with Crippen molar-refractivity contribution in [1.29, 1.82) is 0 Å². The van der Waals surface area contributed by atoms with Crippen LogP contribution in [0.15, 0.2) is 29.1 Å². The minimum Gasteiger partial charge on any atom is -0.463 e. The molecule has 1 heterocycles. The lowest BCUT2D eigenvalue weighted by atomic mass is 9.86. The monoisotopic (exact) mass is 494 g/mol. The summed E-state index contributed by atoms with van der Waals surface area (Å²) in [6.45, 7) is 0.802. The zero-order valence-corrected chi connectivity index (χ0v) is 19.9. The topological polar surface area (TPSA) is 86.6 Å². The van der Waals surface area contributed by atoms with Gasteiger partial charge in [0, 0.05) is 6.04 Å². The van der Waals surface area contributed by atoms with Crippen LogP contribution < -0.4 is 24.8 Å². The molecule has 2 atom stereocenters. The molecule has 3 rings (SSSR count). The molecule has 2 aromatic rings. The number of hydrogen-bond donors (Lipinski definition) is 1. The van der Waals surface area contributed by atoms with Crippen molar-refractivity contribution in [2.45, 2.75) is 58.7 Å². The first-order valence-electron chi connectivity index (χ1n) is 11.2. The van der Waals surface area contributed by atoms with Crippen LogP contribution in [0, 0.1) is 5.92 Å². The number of hydrogen-bond acceptors (Lipinski definition) is 6. The summed E-state index contributed by atoms with van der Waals surface area (Å²) in [7, 11) is 0. The second-order valence-electron chi connectivity index (χ2n) is 8.12. The van der Waals surface area contributed by atoms with Gasteiger partial charge in [-0.3, -0.25) is 14.2 Å². The third kappa shape index (κ3) is 6.99. The van der Waals surface area contributed by atoms with Gasteiger partial charge in [0.05, 0.1) is 17.2 Å². The average molecular weight is 495 g/mol. The minimum absolute atomic E-state index is 0.000635. The SMILES string of the molecule is CCOC(=O)/C=c1\s/c(=C\c2ccc(OC(F)F)cc2)c(=O)n1CC(=O)N[C@H]1CCCC[C@@H]1C. The van der Waals surface area contributed by atoms with E-state index in [-0.39, 0.29) is 35.4 Å². The molecule has 1 aromatic carbocycles. The highest BCUT2D eigenvalue weighted by Gasteiger charge is 2.23. The van der Waals surface area contributed by atoms with Crippen LogP contribution in [0.25, 0.3) is 12.2 Å². The Morgan fingerprint density at radius 1 is 1.24 bits per heavy atom. The van der Waals surface area contributed by atoms with Crippen molar-refractivity contribution < 1.29 is 27.8 Å². The number of ether oxygens (including phenoxy) is 2. The number of carbonyl (C=O) groups excluding carboxylic acids is 2. The smallest absolute Gasteiger partial charge is 0.387 e. The van der Waals surface area contributed by atoms with E-state index in [4.69, 9.17) is 4.74 Å². The fraction of sp³-hybridized carbons (Fsp3) is 0.458. The van der Waals surface area contributed by atoms with Gasteiger partial charge in [0.25, 0.3) is 5.56 Å². The van der Waals surface area contributed by atoms with Gasteiger partial charge in [0.1, 0.15) is 17.0 Å². The van der Waals surface area contributed by atoms with Gasteiger partial charge >= 0.3 is 12.6 Å². The summed E-state index contributed by atoms with van der Waals surface area (Å²) in [4.78, 5) is 37.9. The largest absolute Gasteiger partial charge is 0.463 e. The van der Waals surface area contributed by atoms with Crippen LogP contribution in [-0.4, -0.2) is 35.7 Å². The van der Waals surface area contributed by atoms with Crippen molar-refractivity contribution in [2.24, 2.45) is 5.92 Å². The van der Waals surface area contributed by atoms with Gasteiger partial charge in [0.15, 0.2) is 0 Å². The van der Waals surface area contributed by atoms with Crippen LogP contribution in [0.4, 0.5) is 8.78 Å². The van der Waals surface area contributed by atoms with Crippen LogP contribution >= 0.6 is 11.3 Å². The van der Waals surface area contributed by atoms with Crippen LogP contribution in [0.3, 0.4) is 0 Å².